The monoisotopic (exact) mass is 412 g/mol. The van der Waals surface area contributed by atoms with Gasteiger partial charge in [-0.05, 0) is 36.8 Å². The van der Waals surface area contributed by atoms with Crippen molar-refractivity contribution in [2.24, 2.45) is 0 Å². The van der Waals surface area contributed by atoms with E-state index in [1.54, 1.807) is 24.3 Å². The van der Waals surface area contributed by atoms with E-state index >= 15 is 0 Å². The second-order valence-corrected chi connectivity index (χ2v) is 7.73. The Balaban J connectivity index is 1.63. The number of aliphatic hydroxyl groups is 1. The van der Waals surface area contributed by atoms with Gasteiger partial charge in [-0.3, -0.25) is 9.59 Å². The van der Waals surface area contributed by atoms with E-state index in [0.29, 0.717) is 16.3 Å². The number of carbonyl (C=O) groups excluding carboxylic acids is 2. The van der Waals surface area contributed by atoms with Crippen molar-refractivity contribution in [3.63, 3.8) is 0 Å². The van der Waals surface area contributed by atoms with Crippen LogP contribution in [0, 0.1) is 0 Å². The zero-order valence-electron chi connectivity index (χ0n) is 15.8. The Morgan fingerprint density at radius 2 is 1.76 bits per heavy atom. The molecule has 1 atom stereocenters. The van der Waals surface area contributed by atoms with Crippen LogP contribution in [0.3, 0.4) is 0 Å². The Hall–Kier alpha value is -3.03. The minimum Gasteiger partial charge on any atom is -0.463 e. The van der Waals surface area contributed by atoms with Gasteiger partial charge in [-0.2, -0.15) is 0 Å². The van der Waals surface area contributed by atoms with Crippen LogP contribution >= 0.6 is 11.3 Å². The number of rotatable bonds is 7. The summed E-state index contributed by atoms with van der Waals surface area (Å²) in [6.07, 6.45) is -1.11. The summed E-state index contributed by atoms with van der Waals surface area (Å²) in [6, 6.07) is 12.7. The fourth-order valence-corrected chi connectivity index (χ4v) is 3.84. The molecule has 29 heavy (non-hydrogen) atoms. The highest BCUT2D eigenvalue weighted by Crippen LogP contribution is 2.25. The molecule has 1 unspecified atom stereocenters. The SMILES string of the molecule is C=C(C)C(=O)OCC(O)COC(=O)Cc1ccc2c(=O)c3ccccc3sc2c1. The maximum absolute atomic E-state index is 12.6. The molecule has 7 heteroatoms. The minimum absolute atomic E-state index is 0.00194. The standard InChI is InChI=1S/C22H20O6S/c1-13(2)22(26)28-12-15(23)11-27-20(24)10-14-7-8-17-19(9-14)29-18-6-4-3-5-16(18)21(17)25/h3-9,15,23H,1,10-12H2,2H3. The van der Waals surface area contributed by atoms with Crippen molar-refractivity contribution in [1.29, 1.82) is 0 Å². The van der Waals surface area contributed by atoms with Crippen LogP contribution in [0.4, 0.5) is 0 Å². The first kappa shape index (κ1) is 20.7. The van der Waals surface area contributed by atoms with Gasteiger partial charge in [-0.25, -0.2) is 4.79 Å². The number of fused-ring (bicyclic) bond motifs is 2. The molecule has 150 valence electrons. The highest BCUT2D eigenvalue weighted by atomic mass is 32.1. The molecule has 1 aromatic heterocycles. The van der Waals surface area contributed by atoms with Crippen LogP contribution in [-0.4, -0.2) is 36.4 Å². The van der Waals surface area contributed by atoms with Gasteiger partial charge in [0, 0.05) is 25.7 Å². The summed E-state index contributed by atoms with van der Waals surface area (Å²) in [5.74, 6) is -1.14. The van der Waals surface area contributed by atoms with E-state index in [0.717, 1.165) is 9.40 Å². The van der Waals surface area contributed by atoms with Crippen molar-refractivity contribution < 1.29 is 24.2 Å². The van der Waals surface area contributed by atoms with Gasteiger partial charge in [0.2, 0.25) is 0 Å². The summed E-state index contributed by atoms with van der Waals surface area (Å²) >= 11 is 1.49. The molecule has 0 aliphatic heterocycles. The van der Waals surface area contributed by atoms with E-state index in [2.05, 4.69) is 6.58 Å². The average molecular weight is 412 g/mol. The highest BCUT2D eigenvalue weighted by Gasteiger charge is 2.13. The third-order valence-electron chi connectivity index (χ3n) is 4.18. The minimum atomic E-state index is -1.12. The zero-order chi connectivity index (χ0) is 21.0. The first-order valence-electron chi connectivity index (χ1n) is 8.96. The van der Waals surface area contributed by atoms with Gasteiger partial charge in [0.25, 0.3) is 0 Å². The second kappa shape index (κ2) is 8.98. The largest absolute Gasteiger partial charge is 0.463 e. The Morgan fingerprint density at radius 1 is 1.07 bits per heavy atom. The van der Waals surface area contributed by atoms with E-state index in [4.69, 9.17) is 9.47 Å². The molecule has 0 saturated carbocycles. The zero-order valence-corrected chi connectivity index (χ0v) is 16.7. The summed E-state index contributed by atoms with van der Waals surface area (Å²) in [7, 11) is 0. The van der Waals surface area contributed by atoms with Crippen LogP contribution in [0.2, 0.25) is 0 Å². The number of esters is 2. The molecular formula is C22H20O6S. The molecule has 0 radical (unpaired) electrons. The molecule has 0 aliphatic rings. The van der Waals surface area contributed by atoms with Crippen LogP contribution < -0.4 is 5.43 Å². The molecule has 6 nitrogen and oxygen atoms in total. The van der Waals surface area contributed by atoms with Crippen LogP contribution in [0.5, 0.6) is 0 Å². The topological polar surface area (TPSA) is 89.9 Å². The van der Waals surface area contributed by atoms with Crippen LogP contribution in [0.15, 0.2) is 59.4 Å². The van der Waals surface area contributed by atoms with Crippen LogP contribution in [0.1, 0.15) is 12.5 Å². The first-order valence-corrected chi connectivity index (χ1v) is 9.77. The number of hydrogen-bond donors (Lipinski definition) is 1. The summed E-state index contributed by atoms with van der Waals surface area (Å²) < 4.78 is 11.5. The van der Waals surface area contributed by atoms with Gasteiger partial charge in [-0.15, -0.1) is 11.3 Å². The number of carbonyl (C=O) groups is 2. The first-order chi connectivity index (χ1) is 13.8. The molecule has 0 saturated heterocycles. The Bertz CT molecular complexity index is 1150. The van der Waals surface area contributed by atoms with Crippen LogP contribution in [-0.2, 0) is 25.5 Å². The Labute approximate surface area is 171 Å². The average Bonchev–Trinajstić information content (AvgIpc) is 2.70. The lowest BCUT2D eigenvalue weighted by Crippen LogP contribution is -2.26. The molecule has 0 amide bonds. The number of benzene rings is 2. The summed E-state index contributed by atoms with van der Waals surface area (Å²) in [5, 5.41) is 11.0. The van der Waals surface area contributed by atoms with Gasteiger partial charge >= 0.3 is 11.9 Å². The van der Waals surface area contributed by atoms with Crippen molar-refractivity contribution >= 4 is 43.4 Å². The lowest BCUT2D eigenvalue weighted by Gasteiger charge is -2.12. The molecule has 2 aromatic carbocycles. The molecular weight excluding hydrogens is 392 g/mol. The predicted octanol–water partition coefficient (Wildman–Crippen LogP) is 2.98. The quantitative estimate of drug-likeness (QED) is 0.365. The van der Waals surface area contributed by atoms with Crippen molar-refractivity contribution in [2.75, 3.05) is 13.2 Å². The summed E-state index contributed by atoms with van der Waals surface area (Å²) in [5.41, 5.74) is 0.896. The maximum Gasteiger partial charge on any atom is 0.333 e. The van der Waals surface area contributed by atoms with Gasteiger partial charge in [0.15, 0.2) is 5.43 Å². The number of aliphatic hydroxyl groups excluding tert-OH is 1. The maximum atomic E-state index is 12.6. The Morgan fingerprint density at radius 3 is 2.52 bits per heavy atom. The molecule has 1 N–H and O–H groups in total. The molecule has 0 spiro atoms. The van der Waals surface area contributed by atoms with Gasteiger partial charge in [0.05, 0.1) is 6.42 Å². The van der Waals surface area contributed by atoms with Gasteiger partial charge < -0.3 is 14.6 Å². The fourth-order valence-electron chi connectivity index (χ4n) is 2.71. The van der Waals surface area contributed by atoms with Crippen molar-refractivity contribution in [1.82, 2.24) is 0 Å². The third-order valence-corrected chi connectivity index (χ3v) is 5.32. The second-order valence-electron chi connectivity index (χ2n) is 6.65. The molecule has 0 bridgehead atoms. The fraction of sp³-hybridized carbons (Fsp3) is 0.227. The highest BCUT2D eigenvalue weighted by molar-refractivity contribution is 7.24. The summed E-state index contributed by atoms with van der Waals surface area (Å²) in [6.45, 7) is 4.37. The molecule has 3 rings (SSSR count). The van der Waals surface area contributed by atoms with E-state index < -0.39 is 18.0 Å². The molecule has 1 heterocycles. The van der Waals surface area contributed by atoms with Gasteiger partial charge in [-0.1, -0.05) is 24.8 Å². The van der Waals surface area contributed by atoms with Crippen molar-refractivity contribution in [3.8, 4) is 0 Å². The predicted molar refractivity (Wildman–Crippen MR) is 112 cm³/mol. The lowest BCUT2D eigenvalue weighted by atomic mass is 10.1. The Kier molecular flexibility index (Phi) is 6.41. The van der Waals surface area contributed by atoms with Crippen LogP contribution in [0.25, 0.3) is 20.2 Å². The van der Waals surface area contributed by atoms with E-state index in [-0.39, 0.29) is 30.6 Å². The third kappa shape index (κ3) is 5.07. The lowest BCUT2D eigenvalue weighted by molar-refractivity contribution is -0.149. The van der Waals surface area contributed by atoms with E-state index in [9.17, 15) is 19.5 Å². The smallest absolute Gasteiger partial charge is 0.333 e. The molecule has 0 fully saturated rings. The van der Waals surface area contributed by atoms with Gasteiger partial charge in [0.1, 0.15) is 19.3 Å². The number of ether oxygens (including phenoxy) is 2. The van der Waals surface area contributed by atoms with E-state index in [1.165, 1.54) is 18.3 Å². The van der Waals surface area contributed by atoms with E-state index in [1.807, 2.05) is 18.2 Å². The van der Waals surface area contributed by atoms with Crippen molar-refractivity contribution in [3.05, 3.63) is 70.4 Å². The van der Waals surface area contributed by atoms with Crippen molar-refractivity contribution in [2.45, 2.75) is 19.4 Å². The molecule has 0 aliphatic carbocycles. The molecule has 3 aromatic rings. The number of hydrogen-bond acceptors (Lipinski definition) is 7. The summed E-state index contributed by atoms with van der Waals surface area (Å²) in [4.78, 5) is 35.9. The normalized spacial score (nSPS) is 11.9.